The number of furan rings is 1. The molecule has 4 aromatic rings. The number of benzene rings is 2. The van der Waals surface area contributed by atoms with Crippen molar-refractivity contribution >= 4 is 33.4 Å². The molecule has 1 aliphatic rings. The Morgan fingerprint density at radius 3 is 2.50 bits per heavy atom. The number of rotatable bonds is 2. The highest BCUT2D eigenvalue weighted by Crippen LogP contribution is 2.43. The molecule has 2 unspecified atom stereocenters. The summed E-state index contributed by atoms with van der Waals surface area (Å²) in [6.07, 6.45) is 4.64. The van der Waals surface area contributed by atoms with Gasteiger partial charge < -0.3 is 4.42 Å². The summed E-state index contributed by atoms with van der Waals surface area (Å²) >= 11 is 0. The van der Waals surface area contributed by atoms with Crippen molar-refractivity contribution < 1.29 is 4.42 Å². The molecular weight excluding hydrogens is 346 g/mol. The first-order chi connectivity index (χ1) is 13.5. The number of aryl methyl sites for hydroxylation is 2. The molecule has 28 heavy (non-hydrogen) atoms. The van der Waals surface area contributed by atoms with Gasteiger partial charge in [0.05, 0.1) is 13.2 Å². The summed E-state index contributed by atoms with van der Waals surface area (Å²) in [5.74, 6) is 0. The minimum atomic E-state index is 0.203. The average molecular weight is 370 g/mol. The summed E-state index contributed by atoms with van der Waals surface area (Å²) in [6, 6.07) is 19.0. The smallest absolute Gasteiger partial charge is 0.227 e. The maximum absolute atomic E-state index is 6.33. The van der Waals surface area contributed by atoms with Crippen LogP contribution in [0.25, 0.3) is 22.1 Å². The van der Waals surface area contributed by atoms with Crippen molar-refractivity contribution in [1.29, 1.82) is 0 Å². The van der Waals surface area contributed by atoms with Gasteiger partial charge in [0.25, 0.3) is 0 Å². The van der Waals surface area contributed by atoms with E-state index in [4.69, 9.17) is 4.42 Å². The van der Waals surface area contributed by atoms with Gasteiger partial charge in [0, 0.05) is 34.6 Å². The Hall–Kier alpha value is -3.11. The molecule has 1 aliphatic heterocycles. The highest BCUT2D eigenvalue weighted by atomic mass is 16.3. The van der Waals surface area contributed by atoms with Gasteiger partial charge in [0.15, 0.2) is 17.4 Å². The molecule has 0 spiro atoms. The molecule has 0 N–H and O–H groups in total. The molecule has 0 radical (unpaired) electrons. The normalized spacial score (nSPS) is 21.9. The van der Waals surface area contributed by atoms with Crippen molar-refractivity contribution in [3.05, 3.63) is 78.3 Å². The number of quaternary nitrogens is 1. The monoisotopic (exact) mass is 370 g/mol. The van der Waals surface area contributed by atoms with Gasteiger partial charge in [-0.25, -0.2) is 9.47 Å². The molecule has 0 fully saturated rings. The van der Waals surface area contributed by atoms with Gasteiger partial charge in [-0.2, -0.15) is 0 Å². The Kier molecular flexibility index (Phi) is 3.61. The third-order valence-corrected chi connectivity index (χ3v) is 6.07. The molecule has 0 amide bonds. The summed E-state index contributed by atoms with van der Waals surface area (Å²) in [5, 5.41) is 2.20. The zero-order valence-corrected chi connectivity index (χ0v) is 16.7. The maximum atomic E-state index is 6.33. The predicted molar refractivity (Wildman–Crippen MR) is 116 cm³/mol. The van der Waals surface area contributed by atoms with Crippen molar-refractivity contribution in [2.24, 2.45) is 0 Å². The van der Waals surface area contributed by atoms with Crippen molar-refractivity contribution in [2.45, 2.75) is 26.9 Å². The summed E-state index contributed by atoms with van der Waals surface area (Å²) in [7, 11) is 2.25. The van der Waals surface area contributed by atoms with E-state index in [2.05, 4.69) is 91.7 Å². The van der Waals surface area contributed by atoms with Crippen LogP contribution in [0.2, 0.25) is 0 Å². The third-order valence-electron chi connectivity index (χ3n) is 6.07. The van der Waals surface area contributed by atoms with E-state index in [0.717, 1.165) is 22.0 Å². The van der Waals surface area contributed by atoms with Gasteiger partial charge in [-0.1, -0.05) is 24.3 Å². The first-order valence-electron chi connectivity index (χ1n) is 9.68. The molecule has 0 saturated carbocycles. The van der Waals surface area contributed by atoms with E-state index in [-0.39, 0.29) is 6.17 Å². The minimum absolute atomic E-state index is 0.203. The Labute approximate surface area is 164 Å². The number of fused-ring (bicyclic) bond motifs is 3. The topological polar surface area (TPSA) is 29.3 Å². The van der Waals surface area contributed by atoms with Crippen molar-refractivity contribution in [2.75, 3.05) is 11.9 Å². The van der Waals surface area contributed by atoms with Gasteiger partial charge in [-0.15, -0.1) is 0 Å². The highest BCUT2D eigenvalue weighted by molar-refractivity contribution is 6.08. The van der Waals surface area contributed by atoms with Crippen molar-refractivity contribution in [3.8, 4) is 0 Å². The van der Waals surface area contributed by atoms with Gasteiger partial charge in [-0.05, 0) is 44.2 Å². The van der Waals surface area contributed by atoms with Crippen LogP contribution in [-0.4, -0.2) is 18.2 Å². The van der Waals surface area contributed by atoms with Gasteiger partial charge in [-0.3, -0.25) is 4.90 Å². The number of nitrogens with zero attached hydrogens (tertiary/aromatic N) is 3. The van der Waals surface area contributed by atoms with Crippen LogP contribution in [0.15, 0.2) is 71.4 Å². The summed E-state index contributed by atoms with van der Waals surface area (Å²) < 4.78 is 6.98. The van der Waals surface area contributed by atoms with Gasteiger partial charge in [0.1, 0.15) is 6.20 Å². The van der Waals surface area contributed by atoms with Crippen LogP contribution in [-0.2, 0) is 0 Å². The van der Waals surface area contributed by atoms with Crippen LogP contribution in [0.1, 0.15) is 18.2 Å². The lowest BCUT2D eigenvalue weighted by Gasteiger charge is -2.36. The number of pyridine rings is 1. The fraction of sp³-hybridized carbons (Fsp3) is 0.208. The summed E-state index contributed by atoms with van der Waals surface area (Å²) in [6.45, 7) is 6.42. The number of para-hydroxylation sites is 1. The molecule has 0 aliphatic carbocycles. The first-order valence-corrected chi connectivity index (χ1v) is 9.68. The van der Waals surface area contributed by atoms with E-state index in [9.17, 15) is 0 Å². The van der Waals surface area contributed by atoms with Crippen LogP contribution >= 0.6 is 0 Å². The van der Waals surface area contributed by atoms with Gasteiger partial charge in [0.2, 0.25) is 5.71 Å². The number of anilines is 1. The van der Waals surface area contributed by atoms with Crippen LogP contribution < -0.4 is 9.38 Å². The molecule has 0 saturated heterocycles. The van der Waals surface area contributed by atoms with E-state index >= 15 is 0 Å². The second-order valence-corrected chi connectivity index (χ2v) is 7.84. The second-order valence-electron chi connectivity index (χ2n) is 7.84. The summed E-state index contributed by atoms with van der Waals surface area (Å²) in [5.41, 5.74) is 6.22. The van der Waals surface area contributed by atoms with Crippen LogP contribution in [0.4, 0.5) is 11.4 Å². The molecule has 3 heterocycles. The maximum Gasteiger partial charge on any atom is 0.227 e. The van der Waals surface area contributed by atoms with E-state index < -0.39 is 0 Å². The van der Waals surface area contributed by atoms with E-state index in [1.807, 2.05) is 13.0 Å². The van der Waals surface area contributed by atoms with E-state index in [1.165, 1.54) is 16.9 Å². The number of hydrogen-bond donors (Lipinski definition) is 0. The molecule has 5 rings (SSSR count). The molecule has 2 aromatic carbocycles. The predicted octanol–water partition coefficient (Wildman–Crippen LogP) is 5.87. The van der Waals surface area contributed by atoms with E-state index in [1.54, 1.807) is 0 Å². The Bertz CT molecular complexity index is 1230. The molecule has 4 nitrogen and oxygen atoms in total. The molecule has 4 heteroatoms. The average Bonchev–Trinajstić information content (AvgIpc) is 3.19. The van der Waals surface area contributed by atoms with Crippen molar-refractivity contribution in [1.82, 2.24) is 9.47 Å². The van der Waals surface area contributed by atoms with Crippen LogP contribution in [0.3, 0.4) is 0 Å². The highest BCUT2D eigenvalue weighted by Gasteiger charge is 2.42. The third kappa shape index (κ3) is 2.31. The fourth-order valence-corrected chi connectivity index (χ4v) is 4.38. The lowest BCUT2D eigenvalue weighted by atomic mass is 10.1. The standard InChI is InChI=1S/C24H24N3O/c1-16-10-12-20-21-13-11-17(2)25-24(21)28-23(20)22(16)27(4)15-14-26(18(27)3)19-8-6-5-7-9-19/h5-15,18H,1-4H3/q+1. The van der Waals surface area contributed by atoms with Crippen LogP contribution in [0.5, 0.6) is 0 Å². The lowest BCUT2D eigenvalue weighted by molar-refractivity contribution is 0.372. The summed E-state index contributed by atoms with van der Waals surface area (Å²) in [4.78, 5) is 6.94. The number of hydrogen-bond acceptors (Lipinski definition) is 3. The quantitative estimate of drug-likeness (QED) is 0.413. The lowest BCUT2D eigenvalue weighted by Crippen LogP contribution is -2.50. The molecule has 0 bridgehead atoms. The van der Waals surface area contributed by atoms with E-state index in [0.29, 0.717) is 10.2 Å². The number of aromatic nitrogens is 1. The SMILES string of the molecule is Cc1ccc2c(n1)oc1c([N+]3(C)C=CN(c4ccccc4)C3C)c(C)ccc12. The first kappa shape index (κ1) is 17.0. The Balaban J connectivity index is 1.71. The minimum Gasteiger partial charge on any atom is -0.431 e. The van der Waals surface area contributed by atoms with Crippen molar-refractivity contribution in [3.63, 3.8) is 0 Å². The Morgan fingerprint density at radius 2 is 1.71 bits per heavy atom. The fourth-order valence-electron chi connectivity index (χ4n) is 4.38. The zero-order valence-electron chi connectivity index (χ0n) is 16.7. The molecule has 2 aromatic heterocycles. The zero-order chi connectivity index (χ0) is 19.5. The molecule has 2 atom stereocenters. The largest absolute Gasteiger partial charge is 0.431 e. The molecule has 140 valence electrons. The second kappa shape index (κ2) is 5.94. The van der Waals surface area contributed by atoms with Crippen LogP contribution in [0, 0.1) is 13.8 Å². The molecular formula is C24H24N3O+. The Morgan fingerprint density at radius 1 is 0.964 bits per heavy atom. The van der Waals surface area contributed by atoms with Gasteiger partial charge >= 0.3 is 0 Å².